The van der Waals surface area contributed by atoms with Crippen LogP contribution in [-0.2, 0) is 39.8 Å². The first-order valence-electron chi connectivity index (χ1n) is 16.9. The number of furan rings is 1. The fraction of sp³-hybridized carbons (Fsp3) is 0.800. The van der Waals surface area contributed by atoms with Gasteiger partial charge in [0.25, 0.3) is 0 Å². The van der Waals surface area contributed by atoms with E-state index in [9.17, 15) is 19.5 Å². The van der Waals surface area contributed by atoms with Crippen LogP contribution < -0.4 is 0 Å². The van der Waals surface area contributed by atoms with Gasteiger partial charge in [-0.3, -0.25) is 9.59 Å². The minimum atomic E-state index is -1.38. The Morgan fingerprint density at radius 2 is 1.73 bits per heavy atom. The second-order valence-corrected chi connectivity index (χ2v) is 16.0. The van der Waals surface area contributed by atoms with Crippen molar-refractivity contribution in [3.63, 3.8) is 0 Å². The number of aryl methyl sites for hydroxylation is 1. The summed E-state index contributed by atoms with van der Waals surface area (Å²) in [4.78, 5) is 42.0. The van der Waals surface area contributed by atoms with E-state index in [1.54, 1.807) is 6.26 Å². The maximum Gasteiger partial charge on any atom is 0.339 e. The zero-order valence-electron chi connectivity index (χ0n) is 26.6. The normalized spacial score (nSPS) is 47.6. The van der Waals surface area contributed by atoms with Crippen molar-refractivity contribution in [2.45, 2.75) is 134 Å². The van der Waals surface area contributed by atoms with E-state index in [4.69, 9.17) is 23.4 Å². The summed E-state index contributed by atoms with van der Waals surface area (Å²) < 4.78 is 31.8. The summed E-state index contributed by atoms with van der Waals surface area (Å²) in [5.74, 6) is -1.11. The summed E-state index contributed by atoms with van der Waals surface area (Å²) in [5, 5.41) is 12.3. The van der Waals surface area contributed by atoms with Gasteiger partial charge in [-0.05, 0) is 57.9 Å². The highest BCUT2D eigenvalue weighted by Gasteiger charge is 2.91. The maximum atomic E-state index is 14.7. The van der Waals surface area contributed by atoms with Crippen LogP contribution >= 0.6 is 0 Å². The molecule has 9 heteroatoms. The van der Waals surface area contributed by atoms with Crippen LogP contribution in [0.2, 0.25) is 0 Å². The van der Waals surface area contributed by atoms with Gasteiger partial charge in [-0.2, -0.15) is 0 Å². The van der Waals surface area contributed by atoms with Crippen molar-refractivity contribution in [3.05, 3.63) is 23.7 Å². The number of carbonyl (C=O) groups excluding carboxylic acids is 3. The summed E-state index contributed by atoms with van der Waals surface area (Å²) in [7, 11) is 0. The third-order valence-corrected chi connectivity index (χ3v) is 13.8. The van der Waals surface area contributed by atoms with Crippen LogP contribution in [0.1, 0.15) is 110 Å². The van der Waals surface area contributed by atoms with Gasteiger partial charge in [-0.1, -0.05) is 46.5 Å². The summed E-state index contributed by atoms with van der Waals surface area (Å²) in [6.07, 6.45) is 6.52. The van der Waals surface area contributed by atoms with Crippen LogP contribution in [-0.4, -0.2) is 58.9 Å². The molecule has 5 heterocycles. The predicted octanol–water partition coefficient (Wildman–Crippen LogP) is 5.01. The number of ketones is 1. The zero-order chi connectivity index (χ0) is 31.1. The Kier molecular flexibility index (Phi) is 5.95. The SMILES string of the molecule is CCCCCc1occc1[C@@H]1OC(=O)[C@H]2O[C@]23[C@]2(C)[C@H](O)C(=O)[C@@H]4C(C)(C)O[C@H]5C6(CCCC6)C(=O)OC[C@@]45[C@H]2CC[C@@]13C. The number of carbonyl (C=O) groups is 3. The molecule has 4 aliphatic heterocycles. The Bertz CT molecular complexity index is 1420. The highest BCUT2D eigenvalue weighted by Crippen LogP contribution is 2.81. The molecular formula is C35H46O9. The number of aliphatic hydroxyl groups excluding tert-OH is 1. The van der Waals surface area contributed by atoms with Gasteiger partial charge in [0.1, 0.15) is 30.2 Å². The smallest absolute Gasteiger partial charge is 0.339 e. The Hall–Kier alpha value is -2.23. The molecule has 44 heavy (non-hydrogen) atoms. The molecule has 7 aliphatic rings. The summed E-state index contributed by atoms with van der Waals surface area (Å²) in [5.41, 5.74) is -4.71. The van der Waals surface area contributed by atoms with E-state index in [-0.39, 0.29) is 24.3 Å². The number of aliphatic hydroxyl groups is 1. The van der Waals surface area contributed by atoms with Crippen molar-refractivity contribution < 1.29 is 42.9 Å². The zero-order valence-corrected chi connectivity index (χ0v) is 26.6. The average Bonchev–Trinajstić information content (AvgIpc) is 3.24. The van der Waals surface area contributed by atoms with Gasteiger partial charge in [-0.15, -0.1) is 0 Å². The molecule has 1 aromatic heterocycles. The van der Waals surface area contributed by atoms with Crippen molar-refractivity contribution in [3.8, 4) is 0 Å². The monoisotopic (exact) mass is 610 g/mol. The van der Waals surface area contributed by atoms with Gasteiger partial charge in [-0.25, -0.2) is 4.79 Å². The predicted molar refractivity (Wildman–Crippen MR) is 155 cm³/mol. The van der Waals surface area contributed by atoms with Crippen molar-refractivity contribution in [2.75, 3.05) is 6.61 Å². The van der Waals surface area contributed by atoms with E-state index < -0.39 is 69.2 Å². The lowest BCUT2D eigenvalue weighted by Gasteiger charge is -2.67. The number of fused-ring (bicyclic) bond motifs is 2. The summed E-state index contributed by atoms with van der Waals surface area (Å²) in [6, 6.07) is 1.90. The van der Waals surface area contributed by atoms with Gasteiger partial charge in [0.05, 0.1) is 29.3 Å². The molecule has 0 unspecified atom stereocenters. The third-order valence-electron chi connectivity index (χ3n) is 13.8. The number of rotatable bonds is 5. The molecule has 8 rings (SSSR count). The fourth-order valence-electron chi connectivity index (χ4n) is 12.1. The largest absolute Gasteiger partial charge is 0.469 e. The first kappa shape index (κ1) is 29.2. The van der Waals surface area contributed by atoms with Gasteiger partial charge in [0.2, 0.25) is 0 Å². The van der Waals surface area contributed by atoms with Crippen LogP contribution in [0.5, 0.6) is 0 Å². The maximum absolute atomic E-state index is 14.7. The number of ether oxygens (including phenoxy) is 4. The van der Waals surface area contributed by atoms with Crippen molar-refractivity contribution in [1.29, 1.82) is 0 Å². The van der Waals surface area contributed by atoms with Gasteiger partial charge < -0.3 is 28.5 Å². The van der Waals surface area contributed by atoms with E-state index >= 15 is 0 Å². The number of cyclic esters (lactones) is 2. The van der Waals surface area contributed by atoms with Crippen LogP contribution in [0.15, 0.2) is 16.7 Å². The Balaban J connectivity index is 1.28. The molecule has 0 radical (unpaired) electrons. The van der Waals surface area contributed by atoms with E-state index in [1.807, 2.05) is 26.8 Å². The lowest BCUT2D eigenvalue weighted by atomic mass is 9.35. The average molecular weight is 611 g/mol. The molecule has 240 valence electrons. The number of hydrogen-bond acceptors (Lipinski definition) is 9. The molecule has 1 aromatic rings. The number of epoxide rings is 1. The van der Waals surface area contributed by atoms with Gasteiger partial charge >= 0.3 is 11.9 Å². The molecule has 3 aliphatic carbocycles. The van der Waals surface area contributed by atoms with E-state index in [1.165, 1.54) is 0 Å². The lowest BCUT2D eigenvalue weighted by Crippen LogP contribution is -2.77. The van der Waals surface area contributed by atoms with Crippen molar-refractivity contribution in [2.24, 2.45) is 33.5 Å². The summed E-state index contributed by atoms with van der Waals surface area (Å²) >= 11 is 0. The highest BCUT2D eigenvalue weighted by molar-refractivity contribution is 5.92. The van der Waals surface area contributed by atoms with E-state index in [2.05, 4.69) is 13.8 Å². The molecule has 3 spiro atoms. The van der Waals surface area contributed by atoms with Crippen LogP contribution in [0, 0.1) is 33.5 Å². The van der Waals surface area contributed by atoms with Gasteiger partial charge in [0.15, 0.2) is 11.9 Å². The van der Waals surface area contributed by atoms with E-state index in [0.29, 0.717) is 25.7 Å². The molecule has 3 saturated carbocycles. The minimum Gasteiger partial charge on any atom is -0.469 e. The minimum absolute atomic E-state index is 0.0692. The molecule has 0 amide bonds. The van der Waals surface area contributed by atoms with Crippen LogP contribution in [0.3, 0.4) is 0 Å². The molecule has 0 aromatic carbocycles. The second kappa shape index (κ2) is 8.97. The Labute approximate surface area is 258 Å². The summed E-state index contributed by atoms with van der Waals surface area (Å²) in [6.45, 7) is 10.1. The molecule has 10 atom stereocenters. The standard InChI is InChI=1S/C35H46O9/c1-6-7-8-11-20-19(13-17-40-20)25-31(4)16-12-21-32(5,35(31)26(43-35)27(38)42-25)24(37)22(36)23-30(2,3)44-28-33(14-9-10-15-33)29(39)41-18-34(21,23)28/h13,17,21,23-26,28,37H,6-12,14-16,18H2,1-5H3/t21-,23+,24+,25-,26+,28-,31-,32-,34+,35+/m0/s1. The molecule has 0 bridgehead atoms. The molecule has 9 nitrogen and oxygen atoms in total. The number of hydrogen-bond donors (Lipinski definition) is 1. The van der Waals surface area contributed by atoms with Crippen molar-refractivity contribution in [1.82, 2.24) is 0 Å². The fourth-order valence-corrected chi connectivity index (χ4v) is 12.1. The first-order valence-corrected chi connectivity index (χ1v) is 16.9. The number of esters is 2. The Morgan fingerprint density at radius 1 is 0.977 bits per heavy atom. The quantitative estimate of drug-likeness (QED) is 0.278. The molecular weight excluding hydrogens is 564 g/mol. The molecule has 4 saturated heterocycles. The first-order chi connectivity index (χ1) is 20.9. The van der Waals surface area contributed by atoms with Crippen molar-refractivity contribution >= 4 is 17.7 Å². The lowest BCUT2D eigenvalue weighted by molar-refractivity contribution is -0.264. The number of Topliss-reactive ketones (excluding diaryl/α,β-unsaturated/α-hetero) is 1. The number of unbranched alkanes of at least 4 members (excludes halogenated alkanes) is 2. The molecule has 1 N–H and O–H groups in total. The molecule has 7 fully saturated rings. The second-order valence-electron chi connectivity index (χ2n) is 16.0. The third kappa shape index (κ3) is 3.06. The van der Waals surface area contributed by atoms with Gasteiger partial charge in [0, 0.05) is 28.2 Å². The Morgan fingerprint density at radius 3 is 2.45 bits per heavy atom. The highest BCUT2D eigenvalue weighted by atomic mass is 16.7. The topological polar surface area (TPSA) is 125 Å². The van der Waals surface area contributed by atoms with Crippen LogP contribution in [0.4, 0.5) is 0 Å². The van der Waals surface area contributed by atoms with Crippen LogP contribution in [0.25, 0.3) is 0 Å². The van der Waals surface area contributed by atoms with E-state index in [0.717, 1.165) is 49.8 Å².